The van der Waals surface area contributed by atoms with Crippen molar-refractivity contribution >= 4 is 11.9 Å². The van der Waals surface area contributed by atoms with Crippen LogP contribution in [-0.2, 0) is 19.1 Å². The van der Waals surface area contributed by atoms with Crippen LogP contribution in [0.15, 0.2) is 0 Å². The minimum absolute atomic E-state index is 0.498. The van der Waals surface area contributed by atoms with E-state index < -0.39 is 61.1 Å². The van der Waals surface area contributed by atoms with Crippen LogP contribution in [0, 0.1) is 0 Å². The van der Waals surface area contributed by atoms with E-state index in [1.54, 1.807) is 0 Å². The molecule has 0 spiro atoms. The normalized spacial score (nSPS) is 34.7. The molecular weight excluding hydrogens is 302 g/mol. The van der Waals surface area contributed by atoms with Crippen LogP contribution in [0.3, 0.4) is 0 Å². The number of carbonyl (C=O) groups is 2. The van der Waals surface area contributed by atoms with E-state index in [2.05, 4.69) is 5.32 Å². The zero-order valence-corrected chi connectivity index (χ0v) is 12.2. The van der Waals surface area contributed by atoms with Gasteiger partial charge in [0.1, 0.15) is 18.3 Å². The number of nitrogens with one attached hydrogen (secondary N) is 1. The maximum absolute atomic E-state index is 11.3. The van der Waals surface area contributed by atoms with E-state index in [0.717, 1.165) is 14.0 Å². The molecule has 1 saturated heterocycles. The highest BCUT2D eigenvalue weighted by Gasteiger charge is 2.55. The summed E-state index contributed by atoms with van der Waals surface area (Å²) < 4.78 is 10.0. The van der Waals surface area contributed by atoms with Gasteiger partial charge in [-0.2, -0.15) is 0 Å². The van der Waals surface area contributed by atoms with Crippen LogP contribution < -0.4 is 5.32 Å². The fraction of sp³-hybridized carbons (Fsp3) is 0.833. The molecule has 10 nitrogen and oxygen atoms in total. The van der Waals surface area contributed by atoms with Crippen LogP contribution in [0.25, 0.3) is 0 Å². The average molecular weight is 323 g/mol. The van der Waals surface area contributed by atoms with Crippen molar-refractivity contribution in [1.29, 1.82) is 0 Å². The van der Waals surface area contributed by atoms with Crippen molar-refractivity contribution in [3.8, 4) is 0 Å². The molecular formula is C12H21NO9. The van der Waals surface area contributed by atoms with Gasteiger partial charge in [0.2, 0.25) is 5.91 Å². The molecule has 1 aliphatic rings. The van der Waals surface area contributed by atoms with Crippen molar-refractivity contribution in [2.75, 3.05) is 13.7 Å². The summed E-state index contributed by atoms with van der Waals surface area (Å²) in [6, 6.07) is -1.18. The molecule has 0 aliphatic carbocycles. The summed E-state index contributed by atoms with van der Waals surface area (Å²) in [7, 11) is 1.05. The Morgan fingerprint density at radius 2 is 2.05 bits per heavy atom. The number of amides is 1. The van der Waals surface area contributed by atoms with E-state index in [1.165, 1.54) is 0 Å². The topological polar surface area (TPSA) is 166 Å². The second-order valence-electron chi connectivity index (χ2n) is 5.08. The molecule has 6 N–H and O–H groups in total. The van der Waals surface area contributed by atoms with Gasteiger partial charge in [0.05, 0.1) is 18.8 Å². The van der Waals surface area contributed by atoms with E-state index in [4.69, 9.17) is 14.6 Å². The fourth-order valence-corrected chi connectivity index (χ4v) is 2.34. The van der Waals surface area contributed by atoms with Crippen LogP contribution in [-0.4, -0.2) is 87.4 Å². The lowest BCUT2D eigenvalue weighted by Crippen LogP contribution is -2.67. The molecule has 0 bridgehead atoms. The van der Waals surface area contributed by atoms with Crippen LogP contribution in [0.1, 0.15) is 13.3 Å². The van der Waals surface area contributed by atoms with Gasteiger partial charge in [0.25, 0.3) is 5.79 Å². The first-order valence-electron chi connectivity index (χ1n) is 6.57. The number of hydrogen-bond acceptors (Lipinski definition) is 8. The molecule has 10 heteroatoms. The van der Waals surface area contributed by atoms with Crippen LogP contribution in [0.4, 0.5) is 0 Å². The third kappa shape index (κ3) is 3.72. The van der Waals surface area contributed by atoms with E-state index in [0.29, 0.717) is 0 Å². The molecule has 22 heavy (non-hydrogen) atoms. The number of rotatable bonds is 6. The summed E-state index contributed by atoms with van der Waals surface area (Å²) in [6.07, 6.45) is -6.84. The lowest BCUT2D eigenvalue weighted by Gasteiger charge is -2.46. The van der Waals surface area contributed by atoms with Crippen molar-refractivity contribution in [3.63, 3.8) is 0 Å². The number of aliphatic hydroxyl groups is 4. The molecule has 1 rings (SSSR count). The number of hydrogen-bond donors (Lipinski definition) is 6. The van der Waals surface area contributed by atoms with Crippen LogP contribution >= 0.6 is 0 Å². The average Bonchev–Trinajstić information content (AvgIpc) is 2.46. The monoisotopic (exact) mass is 323 g/mol. The molecule has 0 aromatic rings. The van der Waals surface area contributed by atoms with E-state index in [9.17, 15) is 30.0 Å². The number of carboxylic acids is 1. The van der Waals surface area contributed by atoms with Gasteiger partial charge in [-0.15, -0.1) is 0 Å². The molecule has 128 valence electrons. The number of methoxy groups -OCH3 is 1. The molecule has 6 unspecified atom stereocenters. The molecule has 1 aliphatic heterocycles. The number of carbonyl (C=O) groups excluding carboxylic acids is 1. The molecule has 1 fully saturated rings. The second-order valence-corrected chi connectivity index (χ2v) is 5.08. The summed E-state index contributed by atoms with van der Waals surface area (Å²) in [5.74, 6) is -4.33. The van der Waals surface area contributed by atoms with Crippen LogP contribution in [0.5, 0.6) is 0 Å². The SMILES string of the molecule is COC1(C(=O)O)CC(O)C(NC(C)=O)C(C(O)C(O)CO)O1. The first-order chi connectivity index (χ1) is 10.2. The second kappa shape index (κ2) is 7.31. The standard InChI is InChI=1S/C12H21NO9/c1-5(15)13-8-6(16)3-12(21-2,11(19)20)22-10(8)9(18)7(17)4-14/h6-10,14,16-18H,3-4H2,1-2H3,(H,13,15)(H,19,20). The number of aliphatic hydroxyl groups excluding tert-OH is 4. The first-order valence-corrected chi connectivity index (χ1v) is 6.57. The van der Waals surface area contributed by atoms with Crippen molar-refractivity contribution < 1.29 is 44.6 Å². The summed E-state index contributed by atoms with van der Waals surface area (Å²) in [4.78, 5) is 22.6. The minimum Gasteiger partial charge on any atom is -0.477 e. The lowest BCUT2D eigenvalue weighted by atomic mass is 9.88. The van der Waals surface area contributed by atoms with E-state index >= 15 is 0 Å². The van der Waals surface area contributed by atoms with Gasteiger partial charge in [-0.1, -0.05) is 0 Å². The Kier molecular flexibility index (Phi) is 6.23. The number of carboxylic acid groups (broad SMARTS) is 1. The number of ether oxygens (including phenoxy) is 2. The van der Waals surface area contributed by atoms with Crippen molar-refractivity contribution in [2.24, 2.45) is 0 Å². The van der Waals surface area contributed by atoms with Crippen molar-refractivity contribution in [3.05, 3.63) is 0 Å². The highest BCUT2D eigenvalue weighted by Crippen LogP contribution is 2.32. The summed E-state index contributed by atoms with van der Waals surface area (Å²) in [5.41, 5.74) is 0. The van der Waals surface area contributed by atoms with Crippen molar-refractivity contribution in [2.45, 2.75) is 49.6 Å². The van der Waals surface area contributed by atoms with Gasteiger partial charge >= 0.3 is 5.97 Å². The fourth-order valence-electron chi connectivity index (χ4n) is 2.34. The van der Waals surface area contributed by atoms with E-state index in [1.807, 2.05) is 0 Å². The van der Waals surface area contributed by atoms with Gasteiger partial charge in [-0.05, 0) is 0 Å². The predicted octanol–water partition coefficient (Wildman–Crippen LogP) is -3.22. The number of aliphatic carboxylic acids is 1. The first kappa shape index (κ1) is 18.7. The molecule has 1 amide bonds. The Hall–Kier alpha value is -1.30. The molecule has 0 radical (unpaired) electrons. The molecule has 0 saturated carbocycles. The largest absolute Gasteiger partial charge is 0.477 e. The smallest absolute Gasteiger partial charge is 0.364 e. The molecule has 0 aromatic carbocycles. The Morgan fingerprint density at radius 1 is 1.45 bits per heavy atom. The van der Waals surface area contributed by atoms with Crippen LogP contribution in [0.2, 0.25) is 0 Å². The molecule has 6 atom stereocenters. The highest BCUT2D eigenvalue weighted by atomic mass is 16.7. The maximum atomic E-state index is 11.3. The van der Waals surface area contributed by atoms with E-state index in [-0.39, 0.29) is 0 Å². The maximum Gasteiger partial charge on any atom is 0.364 e. The zero-order valence-electron chi connectivity index (χ0n) is 12.2. The zero-order chi connectivity index (χ0) is 17.1. The molecule has 1 heterocycles. The lowest BCUT2D eigenvalue weighted by molar-refractivity contribution is -0.303. The summed E-state index contributed by atoms with van der Waals surface area (Å²) >= 11 is 0. The minimum atomic E-state index is -2.24. The Bertz CT molecular complexity index is 417. The Labute approximate surface area is 126 Å². The van der Waals surface area contributed by atoms with Gasteiger partial charge in [0, 0.05) is 20.5 Å². The third-order valence-corrected chi connectivity index (χ3v) is 3.52. The third-order valence-electron chi connectivity index (χ3n) is 3.52. The van der Waals surface area contributed by atoms with Gasteiger partial charge in [-0.25, -0.2) is 4.79 Å². The summed E-state index contributed by atoms with van der Waals surface area (Å²) in [5, 5.41) is 50.1. The van der Waals surface area contributed by atoms with Gasteiger partial charge in [0.15, 0.2) is 0 Å². The predicted molar refractivity (Wildman–Crippen MR) is 69.6 cm³/mol. The van der Waals surface area contributed by atoms with Gasteiger partial charge < -0.3 is 40.3 Å². The quantitative estimate of drug-likeness (QED) is 0.295. The highest BCUT2D eigenvalue weighted by molar-refractivity contribution is 5.76. The summed E-state index contributed by atoms with van der Waals surface area (Å²) in [6.45, 7) is 0.338. The molecule has 0 aromatic heterocycles. The Balaban J connectivity index is 3.14. The van der Waals surface area contributed by atoms with Gasteiger partial charge in [-0.3, -0.25) is 4.79 Å². The van der Waals surface area contributed by atoms with Crippen molar-refractivity contribution in [1.82, 2.24) is 5.32 Å². The Morgan fingerprint density at radius 3 is 2.45 bits per heavy atom.